The molecule has 19 heavy (non-hydrogen) atoms. The van der Waals surface area contributed by atoms with Crippen LogP contribution in [-0.4, -0.2) is 39.8 Å². The number of nitrogens with one attached hydrogen (secondary N) is 2. The van der Waals surface area contributed by atoms with Crippen LogP contribution in [0, 0.1) is 13.8 Å². The second kappa shape index (κ2) is 5.05. The molecule has 2 aromatic heterocycles. The van der Waals surface area contributed by atoms with E-state index in [0.717, 1.165) is 11.4 Å². The zero-order chi connectivity index (χ0) is 14.0. The second-order valence-electron chi connectivity index (χ2n) is 4.04. The quantitative estimate of drug-likeness (QED) is 0.847. The third-order valence-corrected chi connectivity index (χ3v) is 2.73. The fourth-order valence-electron chi connectivity index (χ4n) is 1.77. The number of rotatable bonds is 3. The number of nitrogens with zero attached hydrogens (tertiary/aromatic N) is 4. The van der Waals surface area contributed by atoms with E-state index in [1.54, 1.807) is 31.0 Å². The lowest BCUT2D eigenvalue weighted by atomic mass is 10.3. The molecular formula is C12H16N6O. The number of aromatic nitrogens is 4. The van der Waals surface area contributed by atoms with Crippen molar-refractivity contribution in [2.24, 2.45) is 0 Å². The van der Waals surface area contributed by atoms with E-state index in [0.29, 0.717) is 17.3 Å². The maximum absolute atomic E-state index is 11.5. The largest absolute Gasteiger partial charge is 0.373 e. The van der Waals surface area contributed by atoms with Crippen molar-refractivity contribution in [3.05, 3.63) is 29.3 Å². The first kappa shape index (κ1) is 13.0. The van der Waals surface area contributed by atoms with Gasteiger partial charge in [-0.3, -0.25) is 4.79 Å². The van der Waals surface area contributed by atoms with Crippen molar-refractivity contribution in [3.8, 4) is 5.82 Å². The van der Waals surface area contributed by atoms with E-state index >= 15 is 0 Å². The lowest BCUT2D eigenvalue weighted by Crippen LogP contribution is -2.18. The van der Waals surface area contributed by atoms with Crippen LogP contribution in [0.4, 0.5) is 5.82 Å². The van der Waals surface area contributed by atoms with Crippen LogP contribution in [0.5, 0.6) is 0 Å². The number of carbonyl (C=O) groups excluding carboxylic acids is 1. The summed E-state index contributed by atoms with van der Waals surface area (Å²) in [7, 11) is 3.37. The van der Waals surface area contributed by atoms with Crippen molar-refractivity contribution in [2.75, 3.05) is 19.4 Å². The molecule has 1 amide bonds. The predicted molar refractivity (Wildman–Crippen MR) is 71.6 cm³/mol. The summed E-state index contributed by atoms with van der Waals surface area (Å²) >= 11 is 0. The van der Waals surface area contributed by atoms with Gasteiger partial charge in [-0.05, 0) is 19.9 Å². The van der Waals surface area contributed by atoms with Crippen LogP contribution in [0.2, 0.25) is 0 Å². The highest BCUT2D eigenvalue weighted by atomic mass is 16.1. The Kier molecular flexibility index (Phi) is 3.46. The Balaban J connectivity index is 2.50. The summed E-state index contributed by atoms with van der Waals surface area (Å²) in [6, 6.07) is 1.65. The van der Waals surface area contributed by atoms with Crippen molar-refractivity contribution in [2.45, 2.75) is 13.8 Å². The first-order chi connectivity index (χ1) is 9.06. The second-order valence-corrected chi connectivity index (χ2v) is 4.04. The zero-order valence-corrected chi connectivity index (χ0v) is 11.4. The van der Waals surface area contributed by atoms with E-state index in [1.807, 2.05) is 13.8 Å². The van der Waals surface area contributed by atoms with Crippen molar-refractivity contribution in [1.29, 1.82) is 0 Å². The van der Waals surface area contributed by atoms with Gasteiger partial charge in [0.1, 0.15) is 11.6 Å². The molecule has 2 rings (SSSR count). The predicted octanol–water partition coefficient (Wildman–Crippen LogP) is 0.680. The fourth-order valence-corrected chi connectivity index (χ4v) is 1.77. The minimum Gasteiger partial charge on any atom is -0.373 e. The highest BCUT2D eigenvalue weighted by molar-refractivity contribution is 5.91. The number of hydrogen-bond acceptors (Lipinski definition) is 5. The lowest BCUT2D eigenvalue weighted by molar-refractivity contribution is 0.0957. The van der Waals surface area contributed by atoms with Crippen molar-refractivity contribution >= 4 is 11.7 Å². The molecule has 0 aromatic carbocycles. The molecule has 0 aliphatic rings. The fraction of sp³-hybridized carbons (Fsp3) is 0.333. The molecule has 0 bridgehead atoms. The molecule has 0 aliphatic carbocycles. The van der Waals surface area contributed by atoms with Gasteiger partial charge >= 0.3 is 0 Å². The molecular weight excluding hydrogens is 244 g/mol. The van der Waals surface area contributed by atoms with Gasteiger partial charge < -0.3 is 10.6 Å². The molecule has 0 atom stereocenters. The Labute approximate surface area is 111 Å². The molecule has 0 unspecified atom stereocenters. The standard InChI is InChI=1S/C12H16N6O/c1-7-10(13-3)15-8(2)16-11(7)18-6-5-9(17-18)12(19)14-4/h5-6H,1-4H3,(H,14,19)(H,13,15,16). The van der Waals surface area contributed by atoms with Crippen LogP contribution >= 0.6 is 0 Å². The maximum atomic E-state index is 11.5. The van der Waals surface area contributed by atoms with Gasteiger partial charge in [0.15, 0.2) is 11.5 Å². The van der Waals surface area contributed by atoms with Gasteiger partial charge in [0.05, 0.1) is 0 Å². The number of amides is 1. The van der Waals surface area contributed by atoms with E-state index in [2.05, 4.69) is 25.7 Å². The first-order valence-corrected chi connectivity index (χ1v) is 5.88. The van der Waals surface area contributed by atoms with Crippen molar-refractivity contribution in [1.82, 2.24) is 25.1 Å². The summed E-state index contributed by atoms with van der Waals surface area (Å²) in [5.74, 6) is 1.82. The molecule has 7 nitrogen and oxygen atoms in total. The first-order valence-electron chi connectivity index (χ1n) is 5.88. The molecule has 2 N–H and O–H groups in total. The number of hydrogen-bond donors (Lipinski definition) is 2. The third-order valence-electron chi connectivity index (χ3n) is 2.73. The van der Waals surface area contributed by atoms with Gasteiger partial charge in [0.25, 0.3) is 5.91 Å². The number of anilines is 1. The molecule has 0 radical (unpaired) electrons. The smallest absolute Gasteiger partial charge is 0.271 e. The van der Waals surface area contributed by atoms with Crippen LogP contribution in [0.1, 0.15) is 21.9 Å². The average Bonchev–Trinajstić information content (AvgIpc) is 2.89. The Morgan fingerprint density at radius 2 is 2.00 bits per heavy atom. The van der Waals surface area contributed by atoms with Crippen molar-refractivity contribution in [3.63, 3.8) is 0 Å². The Hall–Kier alpha value is -2.44. The number of carbonyl (C=O) groups is 1. The highest BCUT2D eigenvalue weighted by Gasteiger charge is 2.13. The summed E-state index contributed by atoms with van der Waals surface area (Å²) in [5, 5.41) is 9.77. The van der Waals surface area contributed by atoms with Gasteiger partial charge in [-0.2, -0.15) is 5.10 Å². The topological polar surface area (TPSA) is 84.7 Å². The molecule has 2 aromatic rings. The van der Waals surface area contributed by atoms with Gasteiger partial charge in [0.2, 0.25) is 0 Å². The maximum Gasteiger partial charge on any atom is 0.271 e. The van der Waals surface area contributed by atoms with Gasteiger partial charge in [-0.25, -0.2) is 14.6 Å². The van der Waals surface area contributed by atoms with Gasteiger partial charge in [0, 0.05) is 25.9 Å². The monoisotopic (exact) mass is 260 g/mol. The van der Waals surface area contributed by atoms with E-state index in [4.69, 9.17) is 0 Å². The van der Waals surface area contributed by atoms with E-state index < -0.39 is 0 Å². The summed E-state index contributed by atoms with van der Waals surface area (Å²) in [5.41, 5.74) is 1.23. The van der Waals surface area contributed by atoms with E-state index in [1.165, 1.54) is 0 Å². The molecule has 0 saturated heterocycles. The molecule has 0 aliphatic heterocycles. The minimum absolute atomic E-state index is 0.226. The summed E-state index contributed by atoms with van der Waals surface area (Å²) in [4.78, 5) is 20.2. The minimum atomic E-state index is -0.226. The molecule has 0 saturated carbocycles. The van der Waals surface area contributed by atoms with Crippen LogP contribution in [0.25, 0.3) is 5.82 Å². The molecule has 2 heterocycles. The average molecular weight is 260 g/mol. The Bertz CT molecular complexity index is 619. The third kappa shape index (κ3) is 2.40. The van der Waals surface area contributed by atoms with Crippen LogP contribution < -0.4 is 10.6 Å². The highest BCUT2D eigenvalue weighted by Crippen LogP contribution is 2.18. The van der Waals surface area contributed by atoms with E-state index in [9.17, 15) is 4.79 Å². The Morgan fingerprint density at radius 3 is 2.63 bits per heavy atom. The number of aryl methyl sites for hydroxylation is 1. The van der Waals surface area contributed by atoms with Crippen molar-refractivity contribution < 1.29 is 4.79 Å². The summed E-state index contributed by atoms with van der Waals surface area (Å²) in [6.45, 7) is 3.72. The molecule has 0 spiro atoms. The SMILES string of the molecule is CNC(=O)c1ccn(-c2nc(C)nc(NC)c2C)n1. The normalized spacial score (nSPS) is 10.3. The molecule has 100 valence electrons. The van der Waals surface area contributed by atoms with Crippen LogP contribution in [0.3, 0.4) is 0 Å². The zero-order valence-electron chi connectivity index (χ0n) is 11.4. The van der Waals surface area contributed by atoms with Crippen LogP contribution in [0.15, 0.2) is 12.3 Å². The lowest BCUT2D eigenvalue weighted by Gasteiger charge is -2.10. The molecule has 7 heteroatoms. The Morgan fingerprint density at radius 1 is 1.26 bits per heavy atom. The molecule has 0 fully saturated rings. The summed E-state index contributed by atoms with van der Waals surface area (Å²) < 4.78 is 1.58. The van der Waals surface area contributed by atoms with E-state index in [-0.39, 0.29) is 5.91 Å². The van der Waals surface area contributed by atoms with Gasteiger partial charge in [-0.15, -0.1) is 0 Å². The van der Waals surface area contributed by atoms with Gasteiger partial charge in [-0.1, -0.05) is 0 Å². The van der Waals surface area contributed by atoms with Crippen LogP contribution in [-0.2, 0) is 0 Å². The summed E-state index contributed by atoms with van der Waals surface area (Å²) in [6.07, 6.45) is 1.71.